The Morgan fingerprint density at radius 3 is 2.04 bits per heavy atom. The SMILES string of the molecule is CCc1ccccc1OC(=O)c1c2ccccc2[nH+]c2ccccc12. The number of hydrogen-bond acceptors (Lipinski definition) is 2. The average molecular weight is 328 g/mol. The van der Waals surface area contributed by atoms with Crippen molar-refractivity contribution in [2.45, 2.75) is 13.3 Å². The second-order valence-electron chi connectivity index (χ2n) is 5.94. The largest absolute Gasteiger partial charge is 0.423 e. The molecule has 0 amide bonds. The molecule has 25 heavy (non-hydrogen) atoms. The fourth-order valence-electron chi connectivity index (χ4n) is 3.18. The molecule has 0 radical (unpaired) electrons. The van der Waals surface area contributed by atoms with Gasteiger partial charge in [-0.1, -0.05) is 49.4 Å². The van der Waals surface area contributed by atoms with Crippen molar-refractivity contribution in [3.8, 4) is 5.75 Å². The second kappa shape index (κ2) is 6.36. The molecule has 4 rings (SSSR count). The highest BCUT2D eigenvalue weighted by atomic mass is 16.5. The van der Waals surface area contributed by atoms with Gasteiger partial charge in [0.15, 0.2) is 0 Å². The summed E-state index contributed by atoms with van der Waals surface area (Å²) in [6, 6.07) is 23.3. The Kier molecular flexibility index (Phi) is 3.90. The van der Waals surface area contributed by atoms with Gasteiger partial charge in [0, 0.05) is 12.1 Å². The summed E-state index contributed by atoms with van der Waals surface area (Å²) in [6.45, 7) is 2.05. The molecule has 122 valence electrons. The number of nitrogens with one attached hydrogen (secondary N) is 1. The van der Waals surface area contributed by atoms with E-state index in [1.807, 2.05) is 72.8 Å². The molecular weight excluding hydrogens is 310 g/mol. The van der Waals surface area contributed by atoms with Crippen molar-refractivity contribution in [2.75, 3.05) is 0 Å². The molecule has 0 aliphatic carbocycles. The maximum absolute atomic E-state index is 13.1. The standard InChI is InChI=1S/C22H17NO2/c1-2-15-9-3-8-14-20(15)25-22(24)21-16-10-4-6-12-18(16)23-19-13-7-5-11-17(19)21/h3-14H,2H2,1H3/p+1. The highest BCUT2D eigenvalue weighted by Crippen LogP contribution is 2.26. The minimum atomic E-state index is -0.331. The predicted octanol–water partition coefficient (Wildman–Crippen LogP) is 4.59. The van der Waals surface area contributed by atoms with Crippen LogP contribution in [0, 0.1) is 0 Å². The molecule has 0 bridgehead atoms. The number of carbonyl (C=O) groups is 1. The fraction of sp³-hybridized carbons (Fsp3) is 0.0909. The molecule has 0 unspecified atom stereocenters. The number of esters is 1. The van der Waals surface area contributed by atoms with Gasteiger partial charge >= 0.3 is 5.97 Å². The van der Waals surface area contributed by atoms with Crippen LogP contribution in [0.2, 0.25) is 0 Å². The molecule has 0 saturated heterocycles. The Balaban J connectivity index is 1.90. The zero-order valence-corrected chi connectivity index (χ0v) is 14.0. The summed E-state index contributed by atoms with van der Waals surface area (Å²) in [5.41, 5.74) is 3.44. The summed E-state index contributed by atoms with van der Waals surface area (Å²) in [6.07, 6.45) is 0.813. The van der Waals surface area contributed by atoms with E-state index in [1.54, 1.807) is 0 Å². The van der Waals surface area contributed by atoms with Crippen molar-refractivity contribution in [3.63, 3.8) is 0 Å². The van der Waals surface area contributed by atoms with Crippen LogP contribution in [0.4, 0.5) is 0 Å². The summed E-state index contributed by atoms with van der Waals surface area (Å²) in [5, 5.41) is 1.72. The van der Waals surface area contributed by atoms with E-state index in [4.69, 9.17) is 4.74 Å². The lowest BCUT2D eigenvalue weighted by atomic mass is 10.0. The van der Waals surface area contributed by atoms with Gasteiger partial charge in [0.25, 0.3) is 0 Å². The highest BCUT2D eigenvalue weighted by Gasteiger charge is 2.21. The Morgan fingerprint density at radius 2 is 1.40 bits per heavy atom. The first kappa shape index (κ1) is 15.3. The number of aromatic amines is 1. The number of ether oxygens (including phenoxy) is 1. The van der Waals surface area contributed by atoms with Crippen LogP contribution < -0.4 is 9.72 Å². The summed E-state index contributed by atoms with van der Waals surface area (Å²) >= 11 is 0. The maximum atomic E-state index is 13.1. The molecule has 0 spiro atoms. The summed E-state index contributed by atoms with van der Waals surface area (Å²) in [7, 11) is 0. The summed E-state index contributed by atoms with van der Waals surface area (Å²) in [5.74, 6) is 0.290. The van der Waals surface area contributed by atoms with E-state index in [0.29, 0.717) is 11.3 Å². The third-order valence-corrected chi connectivity index (χ3v) is 4.42. The van der Waals surface area contributed by atoms with Crippen LogP contribution in [0.5, 0.6) is 5.75 Å². The molecule has 1 heterocycles. The van der Waals surface area contributed by atoms with E-state index in [9.17, 15) is 4.79 Å². The van der Waals surface area contributed by atoms with E-state index in [2.05, 4.69) is 11.9 Å². The number of carbonyl (C=O) groups excluding carboxylic acids is 1. The van der Waals surface area contributed by atoms with Crippen molar-refractivity contribution >= 4 is 27.8 Å². The van der Waals surface area contributed by atoms with Crippen LogP contribution in [0.15, 0.2) is 72.8 Å². The van der Waals surface area contributed by atoms with E-state index < -0.39 is 0 Å². The van der Waals surface area contributed by atoms with Gasteiger partial charge in [-0.15, -0.1) is 0 Å². The Labute approximate surface area is 145 Å². The van der Waals surface area contributed by atoms with Gasteiger partial charge in [0.05, 0.1) is 16.3 Å². The van der Waals surface area contributed by atoms with Crippen LogP contribution in [-0.2, 0) is 6.42 Å². The number of aromatic nitrogens is 1. The van der Waals surface area contributed by atoms with Crippen molar-refractivity contribution < 1.29 is 14.5 Å². The molecule has 1 aromatic heterocycles. The minimum Gasteiger partial charge on any atom is -0.423 e. The Morgan fingerprint density at radius 1 is 0.840 bits per heavy atom. The molecular formula is C22H18NO2+. The first-order valence-corrected chi connectivity index (χ1v) is 8.41. The number of hydrogen-bond donors (Lipinski definition) is 0. The molecule has 0 saturated carbocycles. The number of aryl methyl sites for hydroxylation is 1. The first-order chi connectivity index (χ1) is 12.3. The number of H-pyrrole nitrogens is 1. The Hall–Kier alpha value is -3.20. The highest BCUT2D eigenvalue weighted by molar-refractivity contribution is 6.13. The van der Waals surface area contributed by atoms with Gasteiger partial charge in [-0.2, -0.15) is 0 Å². The molecule has 0 atom stereocenters. The minimum absolute atomic E-state index is 0.331. The predicted molar refractivity (Wildman–Crippen MR) is 98.8 cm³/mol. The lowest BCUT2D eigenvalue weighted by Gasteiger charge is -2.10. The topological polar surface area (TPSA) is 40.4 Å². The molecule has 0 aliphatic rings. The van der Waals surface area contributed by atoms with Gasteiger partial charge in [0.2, 0.25) is 11.0 Å². The van der Waals surface area contributed by atoms with Crippen molar-refractivity contribution in [1.29, 1.82) is 0 Å². The number of para-hydroxylation sites is 3. The number of fused-ring (bicyclic) bond motifs is 2. The van der Waals surface area contributed by atoms with Crippen LogP contribution in [0.1, 0.15) is 22.8 Å². The second-order valence-corrected chi connectivity index (χ2v) is 5.94. The van der Waals surface area contributed by atoms with Crippen molar-refractivity contribution in [1.82, 2.24) is 0 Å². The third-order valence-electron chi connectivity index (χ3n) is 4.42. The lowest BCUT2D eigenvalue weighted by Crippen LogP contribution is -2.15. The zero-order valence-electron chi connectivity index (χ0n) is 14.0. The van der Waals surface area contributed by atoms with Gasteiger partial charge in [-0.05, 0) is 30.2 Å². The van der Waals surface area contributed by atoms with Crippen LogP contribution in [0.3, 0.4) is 0 Å². The molecule has 0 fully saturated rings. The first-order valence-electron chi connectivity index (χ1n) is 8.41. The van der Waals surface area contributed by atoms with Crippen molar-refractivity contribution in [2.24, 2.45) is 0 Å². The number of benzene rings is 3. The van der Waals surface area contributed by atoms with E-state index in [0.717, 1.165) is 33.8 Å². The van der Waals surface area contributed by atoms with Crippen molar-refractivity contribution in [3.05, 3.63) is 83.9 Å². The Bertz CT molecular complexity index is 1030. The van der Waals surface area contributed by atoms with Gasteiger partial charge in [-0.25, -0.2) is 9.78 Å². The number of pyridine rings is 1. The third kappa shape index (κ3) is 2.74. The molecule has 3 heteroatoms. The van der Waals surface area contributed by atoms with E-state index >= 15 is 0 Å². The quantitative estimate of drug-likeness (QED) is 0.313. The summed E-state index contributed by atoms with van der Waals surface area (Å²) < 4.78 is 5.79. The smallest absolute Gasteiger partial charge is 0.345 e. The number of rotatable bonds is 3. The van der Waals surface area contributed by atoms with Crippen LogP contribution in [0.25, 0.3) is 21.8 Å². The molecule has 3 nitrogen and oxygen atoms in total. The molecule has 3 aromatic carbocycles. The average Bonchev–Trinajstić information content (AvgIpc) is 2.66. The van der Waals surface area contributed by atoms with Crippen LogP contribution >= 0.6 is 0 Å². The maximum Gasteiger partial charge on any atom is 0.345 e. The molecule has 1 N–H and O–H groups in total. The molecule has 4 aromatic rings. The summed E-state index contributed by atoms with van der Waals surface area (Å²) in [4.78, 5) is 16.5. The van der Waals surface area contributed by atoms with Crippen LogP contribution in [-0.4, -0.2) is 5.97 Å². The monoisotopic (exact) mass is 328 g/mol. The lowest BCUT2D eigenvalue weighted by molar-refractivity contribution is -0.310. The zero-order chi connectivity index (χ0) is 17.2. The van der Waals surface area contributed by atoms with E-state index in [-0.39, 0.29) is 5.97 Å². The fourth-order valence-corrected chi connectivity index (χ4v) is 3.18. The molecule has 0 aliphatic heterocycles. The van der Waals surface area contributed by atoms with Gasteiger partial charge in [0.1, 0.15) is 5.75 Å². The normalized spacial score (nSPS) is 10.9. The van der Waals surface area contributed by atoms with E-state index in [1.165, 1.54) is 0 Å². The van der Waals surface area contributed by atoms with Gasteiger partial charge < -0.3 is 4.74 Å². The van der Waals surface area contributed by atoms with Gasteiger partial charge in [-0.3, -0.25) is 0 Å².